The van der Waals surface area contributed by atoms with Gasteiger partial charge in [-0.1, -0.05) is 0 Å². The number of amides is 1. The Morgan fingerprint density at radius 1 is 1.38 bits per heavy atom. The summed E-state index contributed by atoms with van der Waals surface area (Å²) < 4.78 is 45.6. The van der Waals surface area contributed by atoms with Crippen LogP contribution in [0.2, 0.25) is 0 Å². The van der Waals surface area contributed by atoms with E-state index in [0.717, 1.165) is 0 Å². The third kappa shape index (κ3) is 4.28. The standard InChI is InChI=1S/C15H16F3N5O3/c1-8(14(24)23-5-10(6-23)26-15(16,17)18)22-13-3-11(20-7-21-13)12-4-19-9(2)25-12/h3-4,7-8,10H,5-6H2,1-2H3,(H,20,21,22)/t8-/m1/s1. The van der Waals surface area contributed by atoms with Crippen molar-refractivity contribution in [3.8, 4) is 11.5 Å². The Kier molecular flexibility index (Phi) is 4.81. The number of aromatic nitrogens is 3. The molecule has 0 bridgehead atoms. The fourth-order valence-electron chi connectivity index (χ4n) is 2.49. The molecule has 1 atom stereocenters. The smallest absolute Gasteiger partial charge is 0.439 e. The Morgan fingerprint density at radius 3 is 2.73 bits per heavy atom. The van der Waals surface area contributed by atoms with E-state index in [-0.39, 0.29) is 19.0 Å². The van der Waals surface area contributed by atoms with Gasteiger partial charge in [-0.15, -0.1) is 13.2 Å². The molecular weight excluding hydrogens is 355 g/mol. The SMILES string of the molecule is Cc1ncc(-c2cc(N[C@H](C)C(=O)N3CC(OC(F)(F)F)C3)ncn2)o1. The summed E-state index contributed by atoms with van der Waals surface area (Å²) in [6.45, 7) is 3.10. The average Bonchev–Trinajstić information content (AvgIpc) is 2.96. The van der Waals surface area contributed by atoms with Gasteiger partial charge in [-0.25, -0.2) is 15.0 Å². The first-order valence-corrected chi connectivity index (χ1v) is 7.76. The molecule has 2 aromatic heterocycles. The number of anilines is 1. The molecule has 3 rings (SSSR count). The Hall–Kier alpha value is -2.69. The first-order chi connectivity index (χ1) is 12.2. The van der Waals surface area contributed by atoms with E-state index >= 15 is 0 Å². The second-order valence-corrected chi connectivity index (χ2v) is 5.83. The van der Waals surface area contributed by atoms with Crippen LogP contribution in [-0.4, -0.2) is 57.4 Å². The summed E-state index contributed by atoms with van der Waals surface area (Å²) in [7, 11) is 0. The summed E-state index contributed by atoms with van der Waals surface area (Å²) >= 11 is 0. The van der Waals surface area contributed by atoms with Gasteiger partial charge < -0.3 is 14.6 Å². The molecule has 0 radical (unpaired) electrons. The lowest BCUT2D eigenvalue weighted by molar-refractivity contribution is -0.353. The fourth-order valence-corrected chi connectivity index (χ4v) is 2.49. The summed E-state index contributed by atoms with van der Waals surface area (Å²) in [5, 5.41) is 2.90. The summed E-state index contributed by atoms with van der Waals surface area (Å²) in [5.41, 5.74) is 0.491. The van der Waals surface area contributed by atoms with E-state index in [1.165, 1.54) is 17.4 Å². The summed E-state index contributed by atoms with van der Waals surface area (Å²) in [5.74, 6) is 0.989. The molecule has 1 amide bonds. The molecule has 1 saturated heterocycles. The molecule has 8 nitrogen and oxygen atoms in total. The summed E-state index contributed by atoms with van der Waals surface area (Å²) in [4.78, 5) is 25.6. The highest BCUT2D eigenvalue weighted by Gasteiger charge is 2.41. The molecule has 1 aliphatic rings. The maximum atomic E-state index is 12.3. The molecule has 140 valence electrons. The van der Waals surface area contributed by atoms with Crippen molar-refractivity contribution in [2.45, 2.75) is 32.4 Å². The number of oxazole rings is 1. The van der Waals surface area contributed by atoms with E-state index in [2.05, 4.69) is 25.0 Å². The Balaban J connectivity index is 1.57. The van der Waals surface area contributed by atoms with Crippen molar-refractivity contribution in [3.63, 3.8) is 0 Å². The van der Waals surface area contributed by atoms with Crippen molar-refractivity contribution in [2.24, 2.45) is 0 Å². The number of likely N-dealkylation sites (tertiary alicyclic amines) is 1. The Morgan fingerprint density at radius 2 is 2.12 bits per heavy atom. The lowest BCUT2D eigenvalue weighted by Crippen LogP contribution is -2.59. The Bertz CT molecular complexity index is 789. The predicted octanol–water partition coefficient (Wildman–Crippen LogP) is 1.99. The topological polar surface area (TPSA) is 93.4 Å². The van der Waals surface area contributed by atoms with Gasteiger partial charge in [0.2, 0.25) is 5.91 Å². The van der Waals surface area contributed by atoms with Crippen LogP contribution in [0.1, 0.15) is 12.8 Å². The first-order valence-electron chi connectivity index (χ1n) is 7.76. The number of nitrogens with zero attached hydrogens (tertiary/aromatic N) is 4. The van der Waals surface area contributed by atoms with Crippen LogP contribution in [0.15, 0.2) is 23.0 Å². The monoisotopic (exact) mass is 371 g/mol. The number of rotatable bonds is 5. The Labute approximate surface area is 146 Å². The number of aryl methyl sites for hydroxylation is 1. The number of halogens is 3. The lowest BCUT2D eigenvalue weighted by atomic mass is 10.1. The third-order valence-electron chi connectivity index (χ3n) is 3.74. The van der Waals surface area contributed by atoms with Gasteiger partial charge >= 0.3 is 6.36 Å². The maximum absolute atomic E-state index is 12.3. The molecule has 3 heterocycles. The van der Waals surface area contributed by atoms with Crippen molar-refractivity contribution in [3.05, 3.63) is 24.5 Å². The van der Waals surface area contributed by atoms with Gasteiger partial charge in [-0.2, -0.15) is 0 Å². The van der Waals surface area contributed by atoms with Gasteiger partial charge in [0, 0.05) is 26.1 Å². The molecule has 0 unspecified atom stereocenters. The third-order valence-corrected chi connectivity index (χ3v) is 3.74. The number of alkyl halides is 3. The normalized spacial score (nSPS) is 16.3. The number of nitrogens with one attached hydrogen (secondary N) is 1. The van der Waals surface area contributed by atoms with E-state index in [9.17, 15) is 18.0 Å². The first kappa shape index (κ1) is 18.1. The van der Waals surface area contributed by atoms with Gasteiger partial charge in [0.1, 0.15) is 30.0 Å². The number of hydrogen-bond donors (Lipinski definition) is 1. The zero-order valence-electron chi connectivity index (χ0n) is 13.9. The van der Waals surface area contributed by atoms with Gasteiger partial charge in [0.05, 0.1) is 6.20 Å². The van der Waals surface area contributed by atoms with Crippen LogP contribution in [0, 0.1) is 6.92 Å². The fraction of sp³-hybridized carbons (Fsp3) is 0.467. The minimum atomic E-state index is -4.69. The molecule has 1 fully saturated rings. The predicted molar refractivity (Wildman–Crippen MR) is 82.9 cm³/mol. The zero-order chi connectivity index (χ0) is 18.9. The number of carbonyl (C=O) groups excluding carboxylic acids is 1. The zero-order valence-corrected chi connectivity index (χ0v) is 13.9. The van der Waals surface area contributed by atoms with E-state index in [1.807, 2.05) is 0 Å². The van der Waals surface area contributed by atoms with Crippen molar-refractivity contribution in [1.82, 2.24) is 19.9 Å². The van der Waals surface area contributed by atoms with Gasteiger partial charge in [-0.05, 0) is 6.92 Å². The molecule has 0 spiro atoms. The van der Waals surface area contributed by atoms with Crippen LogP contribution in [0.4, 0.5) is 19.0 Å². The van der Waals surface area contributed by atoms with E-state index in [4.69, 9.17) is 4.42 Å². The van der Waals surface area contributed by atoms with E-state index in [1.54, 1.807) is 19.9 Å². The van der Waals surface area contributed by atoms with Crippen LogP contribution < -0.4 is 5.32 Å². The highest BCUT2D eigenvalue weighted by molar-refractivity contribution is 5.84. The quantitative estimate of drug-likeness (QED) is 0.859. The van der Waals surface area contributed by atoms with Crippen LogP contribution >= 0.6 is 0 Å². The van der Waals surface area contributed by atoms with Gasteiger partial charge in [0.25, 0.3) is 0 Å². The van der Waals surface area contributed by atoms with Crippen LogP contribution in [0.3, 0.4) is 0 Å². The maximum Gasteiger partial charge on any atom is 0.522 e. The number of ether oxygens (including phenoxy) is 1. The minimum absolute atomic E-state index is 0.100. The van der Waals surface area contributed by atoms with Crippen LogP contribution in [0.25, 0.3) is 11.5 Å². The summed E-state index contributed by atoms with van der Waals surface area (Å²) in [6, 6.07) is 0.913. The molecule has 0 saturated carbocycles. The van der Waals surface area contributed by atoms with Gasteiger partial charge in [-0.3, -0.25) is 9.53 Å². The molecule has 0 aliphatic carbocycles. The van der Waals surface area contributed by atoms with Crippen molar-refractivity contribution in [2.75, 3.05) is 18.4 Å². The molecule has 0 aromatic carbocycles. The lowest BCUT2D eigenvalue weighted by Gasteiger charge is -2.40. The number of hydrogen-bond acceptors (Lipinski definition) is 7. The molecular formula is C15H16F3N5O3. The largest absolute Gasteiger partial charge is 0.522 e. The van der Waals surface area contributed by atoms with E-state index < -0.39 is 18.5 Å². The number of carbonyl (C=O) groups is 1. The molecule has 26 heavy (non-hydrogen) atoms. The summed E-state index contributed by atoms with van der Waals surface area (Å²) in [6.07, 6.45) is -2.88. The highest BCUT2D eigenvalue weighted by atomic mass is 19.4. The molecule has 2 aromatic rings. The molecule has 1 N–H and O–H groups in total. The van der Waals surface area contributed by atoms with Crippen molar-refractivity contribution < 1.29 is 27.1 Å². The second-order valence-electron chi connectivity index (χ2n) is 5.83. The van der Waals surface area contributed by atoms with Crippen molar-refractivity contribution >= 4 is 11.7 Å². The van der Waals surface area contributed by atoms with Crippen molar-refractivity contribution in [1.29, 1.82) is 0 Å². The second kappa shape index (κ2) is 6.90. The van der Waals surface area contributed by atoms with Crippen LogP contribution in [-0.2, 0) is 9.53 Å². The molecule has 1 aliphatic heterocycles. The average molecular weight is 371 g/mol. The van der Waals surface area contributed by atoms with Crippen LogP contribution in [0.5, 0.6) is 0 Å². The van der Waals surface area contributed by atoms with E-state index in [0.29, 0.717) is 23.2 Å². The minimum Gasteiger partial charge on any atom is -0.439 e. The molecule has 11 heteroatoms. The van der Waals surface area contributed by atoms with Gasteiger partial charge in [0.15, 0.2) is 11.7 Å². The highest BCUT2D eigenvalue weighted by Crippen LogP contribution is 2.24.